The molecule has 0 spiro atoms. The highest BCUT2D eigenvalue weighted by Crippen LogP contribution is 2.22. The second-order valence-electron chi connectivity index (χ2n) is 4.41. The van der Waals surface area contributed by atoms with Gasteiger partial charge in [-0.2, -0.15) is 0 Å². The zero-order chi connectivity index (χ0) is 12.3. The average molecular weight is 228 g/mol. The second kappa shape index (κ2) is 5.19. The van der Waals surface area contributed by atoms with Crippen LogP contribution in [0.15, 0.2) is 30.3 Å². The van der Waals surface area contributed by atoms with Crippen LogP contribution in [0.5, 0.6) is 0 Å². The lowest BCUT2D eigenvalue weighted by atomic mass is 10.1. The molecule has 17 heavy (non-hydrogen) atoms. The van der Waals surface area contributed by atoms with E-state index in [4.69, 9.17) is 0 Å². The first-order valence-corrected chi connectivity index (χ1v) is 6.17. The molecular weight excluding hydrogens is 208 g/mol. The highest BCUT2D eigenvalue weighted by Gasteiger charge is 2.05. The van der Waals surface area contributed by atoms with Crippen molar-refractivity contribution in [2.24, 2.45) is 0 Å². The van der Waals surface area contributed by atoms with Crippen molar-refractivity contribution in [1.29, 1.82) is 0 Å². The minimum Gasteiger partial charge on any atom is -0.358 e. The molecule has 2 N–H and O–H groups in total. The van der Waals surface area contributed by atoms with E-state index < -0.39 is 0 Å². The van der Waals surface area contributed by atoms with E-state index in [2.05, 4.69) is 54.5 Å². The SMILES string of the molecule is CCc1ccc(-c2cc(CNC)c(C)[nH]2)cc1. The molecule has 1 heterocycles. The highest BCUT2D eigenvalue weighted by atomic mass is 14.8. The normalized spacial score (nSPS) is 10.8. The Morgan fingerprint density at radius 2 is 1.88 bits per heavy atom. The molecule has 0 aliphatic rings. The zero-order valence-corrected chi connectivity index (χ0v) is 10.8. The van der Waals surface area contributed by atoms with Gasteiger partial charge in [-0.3, -0.25) is 0 Å². The largest absolute Gasteiger partial charge is 0.358 e. The van der Waals surface area contributed by atoms with E-state index in [0.717, 1.165) is 13.0 Å². The van der Waals surface area contributed by atoms with Gasteiger partial charge in [-0.05, 0) is 43.1 Å². The summed E-state index contributed by atoms with van der Waals surface area (Å²) < 4.78 is 0. The van der Waals surface area contributed by atoms with Gasteiger partial charge in [-0.15, -0.1) is 0 Å². The number of nitrogens with one attached hydrogen (secondary N) is 2. The Morgan fingerprint density at radius 3 is 2.47 bits per heavy atom. The van der Waals surface area contributed by atoms with Gasteiger partial charge in [0, 0.05) is 17.9 Å². The first-order valence-electron chi connectivity index (χ1n) is 6.17. The summed E-state index contributed by atoms with van der Waals surface area (Å²) in [6, 6.07) is 11.0. The molecule has 2 rings (SSSR count). The lowest BCUT2D eigenvalue weighted by Gasteiger charge is -2.00. The number of hydrogen-bond donors (Lipinski definition) is 2. The van der Waals surface area contributed by atoms with E-state index >= 15 is 0 Å². The van der Waals surface area contributed by atoms with Gasteiger partial charge in [0.2, 0.25) is 0 Å². The smallest absolute Gasteiger partial charge is 0.0459 e. The second-order valence-corrected chi connectivity index (χ2v) is 4.41. The van der Waals surface area contributed by atoms with Crippen molar-refractivity contribution in [2.45, 2.75) is 26.8 Å². The highest BCUT2D eigenvalue weighted by molar-refractivity contribution is 5.61. The minimum atomic E-state index is 0.912. The van der Waals surface area contributed by atoms with E-state index in [0.29, 0.717) is 0 Å². The maximum Gasteiger partial charge on any atom is 0.0459 e. The summed E-state index contributed by atoms with van der Waals surface area (Å²) in [6.07, 6.45) is 1.09. The van der Waals surface area contributed by atoms with Gasteiger partial charge in [-0.25, -0.2) is 0 Å². The van der Waals surface area contributed by atoms with Gasteiger partial charge in [0.15, 0.2) is 0 Å². The number of rotatable bonds is 4. The number of aromatic nitrogens is 1. The molecule has 0 radical (unpaired) electrons. The van der Waals surface area contributed by atoms with E-state index in [9.17, 15) is 0 Å². The molecule has 2 nitrogen and oxygen atoms in total. The molecule has 0 atom stereocenters. The number of benzene rings is 1. The van der Waals surface area contributed by atoms with Crippen molar-refractivity contribution in [1.82, 2.24) is 10.3 Å². The van der Waals surface area contributed by atoms with Gasteiger partial charge in [0.1, 0.15) is 0 Å². The molecule has 0 amide bonds. The van der Waals surface area contributed by atoms with E-state index in [-0.39, 0.29) is 0 Å². The number of aromatic amines is 1. The van der Waals surface area contributed by atoms with Crippen LogP contribution < -0.4 is 5.32 Å². The van der Waals surface area contributed by atoms with Gasteiger partial charge in [-0.1, -0.05) is 31.2 Å². The van der Waals surface area contributed by atoms with Crippen LogP contribution >= 0.6 is 0 Å². The molecule has 2 heteroatoms. The Balaban J connectivity index is 2.29. The van der Waals surface area contributed by atoms with Crippen LogP contribution in [0.4, 0.5) is 0 Å². The molecule has 1 aromatic heterocycles. The molecule has 1 aromatic carbocycles. The maximum absolute atomic E-state index is 3.44. The predicted octanol–water partition coefficient (Wildman–Crippen LogP) is 3.27. The fourth-order valence-corrected chi connectivity index (χ4v) is 2.05. The summed E-state index contributed by atoms with van der Waals surface area (Å²) in [4.78, 5) is 3.44. The van der Waals surface area contributed by atoms with Crippen LogP contribution in [0.1, 0.15) is 23.7 Å². The molecule has 0 aliphatic carbocycles. The van der Waals surface area contributed by atoms with Gasteiger partial charge in [0.25, 0.3) is 0 Å². The van der Waals surface area contributed by atoms with E-state index in [1.165, 1.54) is 28.1 Å². The summed E-state index contributed by atoms with van der Waals surface area (Å²) >= 11 is 0. The Kier molecular flexibility index (Phi) is 3.64. The van der Waals surface area contributed by atoms with Crippen molar-refractivity contribution in [3.05, 3.63) is 47.2 Å². The maximum atomic E-state index is 3.44. The average Bonchev–Trinajstić information content (AvgIpc) is 2.72. The van der Waals surface area contributed by atoms with Crippen molar-refractivity contribution in [3.63, 3.8) is 0 Å². The molecule has 0 saturated carbocycles. The quantitative estimate of drug-likeness (QED) is 0.826. The van der Waals surface area contributed by atoms with Crippen molar-refractivity contribution < 1.29 is 0 Å². The Hall–Kier alpha value is -1.54. The molecule has 90 valence electrons. The van der Waals surface area contributed by atoms with Crippen LogP contribution in [0.25, 0.3) is 11.3 Å². The monoisotopic (exact) mass is 228 g/mol. The van der Waals surface area contributed by atoms with Gasteiger partial charge in [0.05, 0.1) is 0 Å². The van der Waals surface area contributed by atoms with E-state index in [1.807, 2.05) is 7.05 Å². The molecule has 0 saturated heterocycles. The fraction of sp³-hybridized carbons (Fsp3) is 0.333. The van der Waals surface area contributed by atoms with Crippen molar-refractivity contribution in [2.75, 3.05) is 7.05 Å². The predicted molar refractivity (Wildman–Crippen MR) is 73.1 cm³/mol. The summed E-state index contributed by atoms with van der Waals surface area (Å²) in [5.74, 6) is 0. The van der Waals surface area contributed by atoms with Crippen LogP contribution in [0.2, 0.25) is 0 Å². The first kappa shape index (κ1) is 11.9. The molecule has 0 unspecified atom stereocenters. The molecular formula is C15H20N2. The summed E-state index contributed by atoms with van der Waals surface area (Å²) in [7, 11) is 1.97. The number of H-pyrrole nitrogens is 1. The lowest BCUT2D eigenvalue weighted by molar-refractivity contribution is 0.812. The van der Waals surface area contributed by atoms with Gasteiger partial charge >= 0.3 is 0 Å². The van der Waals surface area contributed by atoms with Crippen molar-refractivity contribution >= 4 is 0 Å². The summed E-state index contributed by atoms with van der Waals surface area (Å²) in [5, 5.41) is 3.19. The molecule has 0 bridgehead atoms. The van der Waals surface area contributed by atoms with Crippen LogP contribution in [-0.2, 0) is 13.0 Å². The first-order chi connectivity index (χ1) is 8.24. The van der Waals surface area contributed by atoms with Crippen LogP contribution in [0, 0.1) is 6.92 Å². The number of hydrogen-bond acceptors (Lipinski definition) is 1. The third-order valence-electron chi connectivity index (χ3n) is 3.16. The molecule has 0 aliphatic heterocycles. The fourth-order valence-electron chi connectivity index (χ4n) is 2.05. The summed E-state index contributed by atoms with van der Waals surface area (Å²) in [6.45, 7) is 5.21. The summed E-state index contributed by atoms with van der Waals surface area (Å²) in [5.41, 5.74) is 6.42. The molecule has 0 fully saturated rings. The minimum absolute atomic E-state index is 0.912. The van der Waals surface area contributed by atoms with Gasteiger partial charge < -0.3 is 10.3 Å². The Morgan fingerprint density at radius 1 is 1.18 bits per heavy atom. The Labute approximate surface area is 103 Å². The lowest BCUT2D eigenvalue weighted by Crippen LogP contribution is -2.04. The Bertz CT molecular complexity index is 480. The van der Waals surface area contributed by atoms with Crippen LogP contribution in [-0.4, -0.2) is 12.0 Å². The van der Waals surface area contributed by atoms with Crippen LogP contribution in [0.3, 0.4) is 0 Å². The standard InChI is InChI=1S/C15H20N2/c1-4-12-5-7-13(8-6-12)15-9-14(10-16-3)11(2)17-15/h5-9,16-17H,4,10H2,1-3H3. The van der Waals surface area contributed by atoms with E-state index in [1.54, 1.807) is 0 Å². The third-order valence-corrected chi connectivity index (χ3v) is 3.16. The topological polar surface area (TPSA) is 27.8 Å². The molecule has 2 aromatic rings. The van der Waals surface area contributed by atoms with Crippen molar-refractivity contribution in [3.8, 4) is 11.3 Å². The number of aryl methyl sites for hydroxylation is 2. The zero-order valence-electron chi connectivity index (χ0n) is 10.8. The third kappa shape index (κ3) is 2.59.